The summed E-state index contributed by atoms with van der Waals surface area (Å²) in [4.78, 5) is 11.2. The number of rotatable bonds is 3. The summed E-state index contributed by atoms with van der Waals surface area (Å²) in [5.41, 5.74) is 5.65. The SMILES string of the molecule is CCOC(=O)Cc1c(Br)ccc(N)c1F. The van der Waals surface area contributed by atoms with E-state index in [1.807, 2.05) is 0 Å². The fourth-order valence-corrected chi connectivity index (χ4v) is 1.58. The lowest BCUT2D eigenvalue weighted by molar-refractivity contribution is -0.142. The van der Waals surface area contributed by atoms with Gasteiger partial charge in [-0.2, -0.15) is 0 Å². The van der Waals surface area contributed by atoms with Gasteiger partial charge in [-0.15, -0.1) is 0 Å². The maximum atomic E-state index is 13.5. The molecule has 0 fully saturated rings. The maximum Gasteiger partial charge on any atom is 0.310 e. The number of hydrogen-bond donors (Lipinski definition) is 1. The Morgan fingerprint density at radius 1 is 1.60 bits per heavy atom. The van der Waals surface area contributed by atoms with Gasteiger partial charge in [0.15, 0.2) is 5.82 Å². The molecule has 0 saturated carbocycles. The standard InChI is InChI=1S/C10H11BrFNO2/c1-2-15-9(14)5-6-7(11)3-4-8(13)10(6)12/h3-4H,2,5,13H2,1H3. The zero-order valence-electron chi connectivity index (χ0n) is 8.22. The molecule has 0 radical (unpaired) electrons. The molecule has 0 bridgehead atoms. The first-order valence-electron chi connectivity index (χ1n) is 4.44. The first kappa shape index (κ1) is 12.0. The second-order valence-electron chi connectivity index (χ2n) is 2.91. The Balaban J connectivity index is 2.93. The highest BCUT2D eigenvalue weighted by Crippen LogP contribution is 2.24. The van der Waals surface area contributed by atoms with Gasteiger partial charge >= 0.3 is 5.97 Å². The third kappa shape index (κ3) is 2.92. The topological polar surface area (TPSA) is 52.3 Å². The van der Waals surface area contributed by atoms with E-state index in [1.54, 1.807) is 13.0 Å². The zero-order chi connectivity index (χ0) is 11.4. The number of anilines is 1. The van der Waals surface area contributed by atoms with E-state index < -0.39 is 11.8 Å². The van der Waals surface area contributed by atoms with Gasteiger partial charge in [-0.25, -0.2) is 4.39 Å². The summed E-state index contributed by atoms with van der Waals surface area (Å²) in [7, 11) is 0. The quantitative estimate of drug-likeness (QED) is 0.680. The van der Waals surface area contributed by atoms with Crippen molar-refractivity contribution in [3.8, 4) is 0 Å². The average Bonchev–Trinajstić information content (AvgIpc) is 2.19. The summed E-state index contributed by atoms with van der Waals surface area (Å²) in [6, 6.07) is 3.04. The van der Waals surface area contributed by atoms with E-state index in [0.717, 1.165) is 0 Å². The van der Waals surface area contributed by atoms with Crippen LogP contribution in [0.3, 0.4) is 0 Å². The van der Waals surface area contributed by atoms with E-state index in [1.165, 1.54) is 6.07 Å². The number of nitrogens with two attached hydrogens (primary N) is 1. The highest BCUT2D eigenvalue weighted by molar-refractivity contribution is 9.10. The van der Waals surface area contributed by atoms with Crippen LogP contribution in [-0.2, 0) is 16.0 Å². The fraction of sp³-hybridized carbons (Fsp3) is 0.300. The van der Waals surface area contributed by atoms with E-state index in [0.29, 0.717) is 4.47 Å². The third-order valence-electron chi connectivity index (χ3n) is 1.84. The molecule has 0 unspecified atom stereocenters. The number of halogens is 2. The zero-order valence-corrected chi connectivity index (χ0v) is 9.80. The molecule has 1 aromatic carbocycles. The van der Waals surface area contributed by atoms with Gasteiger partial charge in [-0.3, -0.25) is 4.79 Å². The highest BCUT2D eigenvalue weighted by Gasteiger charge is 2.14. The Labute approximate surface area is 95.5 Å². The first-order chi connectivity index (χ1) is 7.06. The summed E-state index contributed by atoms with van der Waals surface area (Å²) < 4.78 is 18.7. The molecular weight excluding hydrogens is 265 g/mol. The molecule has 2 N–H and O–H groups in total. The average molecular weight is 276 g/mol. The predicted molar refractivity (Wildman–Crippen MR) is 58.8 cm³/mol. The van der Waals surface area contributed by atoms with Crippen molar-refractivity contribution in [1.29, 1.82) is 0 Å². The molecular formula is C10H11BrFNO2. The van der Waals surface area contributed by atoms with Gasteiger partial charge < -0.3 is 10.5 Å². The van der Waals surface area contributed by atoms with Crippen LogP contribution in [0.15, 0.2) is 16.6 Å². The number of carbonyl (C=O) groups is 1. The van der Waals surface area contributed by atoms with E-state index in [-0.39, 0.29) is 24.3 Å². The minimum absolute atomic E-state index is 0.0255. The van der Waals surface area contributed by atoms with E-state index in [4.69, 9.17) is 10.5 Å². The van der Waals surface area contributed by atoms with Gasteiger partial charge in [0.25, 0.3) is 0 Å². The van der Waals surface area contributed by atoms with Crippen molar-refractivity contribution in [2.24, 2.45) is 0 Å². The Morgan fingerprint density at radius 2 is 2.27 bits per heavy atom. The Hall–Kier alpha value is -1.10. The van der Waals surface area contributed by atoms with Crippen molar-refractivity contribution in [2.75, 3.05) is 12.3 Å². The minimum atomic E-state index is -0.572. The molecule has 3 nitrogen and oxygen atoms in total. The molecule has 82 valence electrons. The van der Waals surface area contributed by atoms with Crippen LogP contribution in [-0.4, -0.2) is 12.6 Å². The number of carbonyl (C=O) groups excluding carboxylic acids is 1. The van der Waals surface area contributed by atoms with Crippen LogP contribution in [0.5, 0.6) is 0 Å². The lowest BCUT2D eigenvalue weighted by Crippen LogP contribution is -2.10. The fourth-order valence-electron chi connectivity index (χ4n) is 1.13. The smallest absolute Gasteiger partial charge is 0.310 e. The summed E-state index contributed by atoms with van der Waals surface area (Å²) >= 11 is 3.16. The van der Waals surface area contributed by atoms with E-state index in [9.17, 15) is 9.18 Å². The monoisotopic (exact) mass is 275 g/mol. The number of nitrogen functional groups attached to an aromatic ring is 1. The number of ether oxygens (including phenoxy) is 1. The normalized spacial score (nSPS) is 10.1. The van der Waals surface area contributed by atoms with Crippen molar-refractivity contribution in [2.45, 2.75) is 13.3 Å². The van der Waals surface area contributed by atoms with Gasteiger partial charge in [-0.1, -0.05) is 15.9 Å². The molecule has 0 spiro atoms. The Bertz CT molecular complexity index is 382. The second kappa shape index (κ2) is 5.11. The van der Waals surface area contributed by atoms with Crippen LogP contribution < -0.4 is 5.73 Å². The largest absolute Gasteiger partial charge is 0.466 e. The summed E-state index contributed by atoms with van der Waals surface area (Å²) in [5, 5.41) is 0. The minimum Gasteiger partial charge on any atom is -0.466 e. The van der Waals surface area contributed by atoms with Crippen molar-refractivity contribution in [3.05, 3.63) is 28.0 Å². The molecule has 5 heteroatoms. The molecule has 0 atom stereocenters. The number of hydrogen-bond acceptors (Lipinski definition) is 3. The van der Waals surface area contributed by atoms with Crippen LogP contribution in [0.4, 0.5) is 10.1 Å². The predicted octanol–water partition coefficient (Wildman–Crippen LogP) is 2.28. The molecule has 0 aliphatic carbocycles. The lowest BCUT2D eigenvalue weighted by Gasteiger charge is -2.07. The van der Waals surface area contributed by atoms with Crippen molar-refractivity contribution in [3.63, 3.8) is 0 Å². The molecule has 1 aromatic rings. The number of benzene rings is 1. The molecule has 0 aliphatic rings. The second-order valence-corrected chi connectivity index (χ2v) is 3.77. The molecule has 0 aliphatic heterocycles. The van der Waals surface area contributed by atoms with E-state index in [2.05, 4.69) is 15.9 Å². The van der Waals surface area contributed by atoms with Crippen molar-refractivity contribution < 1.29 is 13.9 Å². The molecule has 1 rings (SSSR count). The van der Waals surface area contributed by atoms with Crippen LogP contribution in [0.25, 0.3) is 0 Å². The van der Waals surface area contributed by atoms with Crippen LogP contribution in [0.1, 0.15) is 12.5 Å². The highest BCUT2D eigenvalue weighted by atomic mass is 79.9. The molecule has 0 saturated heterocycles. The summed E-state index contributed by atoms with van der Waals surface area (Å²) in [6.45, 7) is 1.98. The maximum absolute atomic E-state index is 13.5. The van der Waals surface area contributed by atoms with Gasteiger partial charge in [-0.05, 0) is 19.1 Å². The van der Waals surface area contributed by atoms with Gasteiger partial charge in [0, 0.05) is 10.0 Å². The Morgan fingerprint density at radius 3 is 2.87 bits per heavy atom. The van der Waals surface area contributed by atoms with Gasteiger partial charge in [0.05, 0.1) is 18.7 Å². The summed E-state index contributed by atoms with van der Waals surface area (Å²) in [6.07, 6.45) is -0.120. The third-order valence-corrected chi connectivity index (χ3v) is 2.59. The van der Waals surface area contributed by atoms with Gasteiger partial charge in [0.2, 0.25) is 0 Å². The van der Waals surface area contributed by atoms with Crippen LogP contribution in [0, 0.1) is 5.82 Å². The first-order valence-corrected chi connectivity index (χ1v) is 5.23. The molecule has 0 aromatic heterocycles. The summed E-state index contributed by atoms with van der Waals surface area (Å²) in [5.74, 6) is -1.04. The molecule has 15 heavy (non-hydrogen) atoms. The molecule has 0 heterocycles. The van der Waals surface area contributed by atoms with Crippen molar-refractivity contribution in [1.82, 2.24) is 0 Å². The Kier molecular flexibility index (Phi) is 4.08. The van der Waals surface area contributed by atoms with Crippen molar-refractivity contribution >= 4 is 27.6 Å². The molecule has 0 amide bonds. The van der Waals surface area contributed by atoms with E-state index >= 15 is 0 Å². The lowest BCUT2D eigenvalue weighted by atomic mass is 10.1. The van der Waals surface area contributed by atoms with Crippen LogP contribution in [0.2, 0.25) is 0 Å². The van der Waals surface area contributed by atoms with Gasteiger partial charge in [0.1, 0.15) is 0 Å². The number of esters is 1. The van der Waals surface area contributed by atoms with Crippen LogP contribution >= 0.6 is 15.9 Å².